The third-order valence-electron chi connectivity index (χ3n) is 5.11. The lowest BCUT2D eigenvalue weighted by Crippen LogP contribution is -2.02. The molecule has 2 heterocycles. The number of fused-ring (bicyclic) bond motifs is 1. The van der Waals surface area contributed by atoms with Gasteiger partial charge in [-0.05, 0) is 62.6 Å². The molecule has 0 saturated heterocycles. The SMILES string of the molecule is CCn1c(SCc2cc(=O)oc3cc(C)c(C)cc23)nnc1-c1cccc(C)c1. The fraction of sp³-hybridized carbons (Fsp3) is 0.261. The van der Waals surface area contributed by atoms with Crippen LogP contribution in [0.3, 0.4) is 0 Å². The molecule has 5 nitrogen and oxygen atoms in total. The summed E-state index contributed by atoms with van der Waals surface area (Å²) in [5, 5.41) is 10.7. The molecule has 0 spiro atoms. The molecule has 2 aromatic heterocycles. The summed E-state index contributed by atoms with van der Waals surface area (Å²) in [5.74, 6) is 1.49. The molecule has 29 heavy (non-hydrogen) atoms. The van der Waals surface area contributed by atoms with Crippen molar-refractivity contribution in [2.45, 2.75) is 45.1 Å². The minimum absolute atomic E-state index is 0.325. The third kappa shape index (κ3) is 3.85. The van der Waals surface area contributed by atoms with Crippen LogP contribution in [0.25, 0.3) is 22.4 Å². The topological polar surface area (TPSA) is 60.9 Å². The largest absolute Gasteiger partial charge is 0.423 e. The molecule has 0 aliphatic carbocycles. The van der Waals surface area contributed by atoms with Crippen LogP contribution in [0.4, 0.5) is 0 Å². The summed E-state index contributed by atoms with van der Waals surface area (Å²) in [6.45, 7) is 9.02. The monoisotopic (exact) mass is 405 g/mol. The fourth-order valence-corrected chi connectivity index (χ4v) is 4.42. The van der Waals surface area contributed by atoms with E-state index in [0.29, 0.717) is 11.3 Å². The van der Waals surface area contributed by atoms with Crippen molar-refractivity contribution in [2.24, 2.45) is 0 Å². The molecule has 0 bridgehead atoms. The van der Waals surface area contributed by atoms with Gasteiger partial charge in [-0.1, -0.05) is 35.5 Å². The van der Waals surface area contributed by atoms with Crippen molar-refractivity contribution in [2.75, 3.05) is 0 Å². The summed E-state index contributed by atoms with van der Waals surface area (Å²) >= 11 is 1.59. The number of thioether (sulfide) groups is 1. The summed E-state index contributed by atoms with van der Waals surface area (Å²) in [4.78, 5) is 12.0. The molecule has 0 N–H and O–H groups in total. The molecule has 6 heteroatoms. The third-order valence-corrected chi connectivity index (χ3v) is 6.13. The van der Waals surface area contributed by atoms with Gasteiger partial charge >= 0.3 is 5.63 Å². The zero-order valence-electron chi connectivity index (χ0n) is 17.0. The molecular formula is C23H23N3O2S. The molecule has 0 aliphatic rings. The maximum atomic E-state index is 12.0. The van der Waals surface area contributed by atoms with Gasteiger partial charge in [0.2, 0.25) is 0 Å². The Balaban J connectivity index is 1.68. The highest BCUT2D eigenvalue weighted by Crippen LogP contribution is 2.29. The molecule has 0 unspecified atom stereocenters. The van der Waals surface area contributed by atoms with Crippen LogP contribution in [-0.2, 0) is 12.3 Å². The van der Waals surface area contributed by atoms with Gasteiger partial charge in [-0.25, -0.2) is 4.79 Å². The van der Waals surface area contributed by atoms with E-state index in [1.807, 2.05) is 19.1 Å². The molecule has 0 amide bonds. The number of hydrogen-bond acceptors (Lipinski definition) is 5. The molecule has 0 atom stereocenters. The van der Waals surface area contributed by atoms with Gasteiger partial charge < -0.3 is 8.98 Å². The van der Waals surface area contributed by atoms with Crippen molar-refractivity contribution in [3.8, 4) is 11.4 Å². The van der Waals surface area contributed by atoms with Gasteiger partial charge in [0.05, 0.1) is 0 Å². The smallest absolute Gasteiger partial charge is 0.336 e. The molecule has 4 rings (SSSR count). The normalized spacial score (nSPS) is 11.3. The Hall–Kier alpha value is -2.86. The predicted octanol–water partition coefficient (Wildman–Crippen LogP) is 5.29. The van der Waals surface area contributed by atoms with E-state index >= 15 is 0 Å². The second-order valence-electron chi connectivity index (χ2n) is 7.23. The van der Waals surface area contributed by atoms with E-state index in [4.69, 9.17) is 4.42 Å². The Morgan fingerprint density at radius 2 is 1.83 bits per heavy atom. The average molecular weight is 406 g/mol. The lowest BCUT2D eigenvalue weighted by Gasteiger charge is -2.10. The highest BCUT2D eigenvalue weighted by Gasteiger charge is 2.15. The van der Waals surface area contributed by atoms with E-state index in [1.54, 1.807) is 17.8 Å². The number of nitrogens with zero attached hydrogens (tertiary/aromatic N) is 3. The van der Waals surface area contributed by atoms with Crippen LogP contribution in [0.1, 0.15) is 29.2 Å². The lowest BCUT2D eigenvalue weighted by molar-refractivity contribution is 0.559. The summed E-state index contributed by atoms with van der Waals surface area (Å²) in [5.41, 5.74) is 5.79. The minimum Gasteiger partial charge on any atom is -0.423 e. The van der Waals surface area contributed by atoms with E-state index in [2.05, 4.69) is 59.8 Å². The Morgan fingerprint density at radius 3 is 2.59 bits per heavy atom. The van der Waals surface area contributed by atoms with Gasteiger partial charge in [0.1, 0.15) is 5.58 Å². The first-order chi connectivity index (χ1) is 14.0. The van der Waals surface area contributed by atoms with Crippen molar-refractivity contribution < 1.29 is 4.42 Å². The highest BCUT2D eigenvalue weighted by molar-refractivity contribution is 7.98. The zero-order valence-corrected chi connectivity index (χ0v) is 17.8. The van der Waals surface area contributed by atoms with Crippen molar-refractivity contribution in [1.82, 2.24) is 14.8 Å². The quantitative estimate of drug-likeness (QED) is 0.333. The van der Waals surface area contributed by atoms with Crippen LogP contribution in [0.2, 0.25) is 0 Å². The standard InChI is InChI=1S/C23H23N3O2S/c1-5-26-22(17-8-6-7-14(2)9-17)24-25-23(26)29-13-18-12-21(27)28-20-11-16(4)15(3)10-19(18)20/h6-12H,5,13H2,1-4H3. The van der Waals surface area contributed by atoms with Crippen molar-refractivity contribution in [3.05, 3.63) is 75.1 Å². The van der Waals surface area contributed by atoms with Crippen LogP contribution in [0.5, 0.6) is 0 Å². The molecule has 0 saturated carbocycles. The Bertz CT molecular complexity index is 1260. The van der Waals surface area contributed by atoms with Crippen molar-refractivity contribution in [3.63, 3.8) is 0 Å². The van der Waals surface area contributed by atoms with Gasteiger partial charge in [0, 0.05) is 29.3 Å². The summed E-state index contributed by atoms with van der Waals surface area (Å²) in [7, 11) is 0. The fourth-order valence-electron chi connectivity index (χ4n) is 3.42. The predicted molar refractivity (Wildman–Crippen MR) is 117 cm³/mol. The Labute approximate surface area is 173 Å². The number of aromatic nitrogens is 3. The maximum Gasteiger partial charge on any atom is 0.336 e. The zero-order chi connectivity index (χ0) is 20.5. The van der Waals surface area contributed by atoms with E-state index in [9.17, 15) is 4.79 Å². The molecular weight excluding hydrogens is 382 g/mol. The van der Waals surface area contributed by atoms with E-state index < -0.39 is 0 Å². The first-order valence-electron chi connectivity index (χ1n) is 9.63. The van der Waals surface area contributed by atoms with Gasteiger partial charge in [0.25, 0.3) is 0 Å². The van der Waals surface area contributed by atoms with Crippen molar-refractivity contribution in [1.29, 1.82) is 0 Å². The van der Waals surface area contributed by atoms with Gasteiger partial charge in [-0.2, -0.15) is 0 Å². The second kappa shape index (κ2) is 7.87. The molecule has 0 aliphatic heterocycles. The molecule has 0 radical (unpaired) electrons. The summed E-state index contributed by atoms with van der Waals surface area (Å²) < 4.78 is 7.52. The summed E-state index contributed by atoms with van der Waals surface area (Å²) in [6, 6.07) is 13.9. The van der Waals surface area contributed by atoms with Gasteiger partial charge in [0.15, 0.2) is 11.0 Å². The van der Waals surface area contributed by atoms with Crippen LogP contribution in [-0.4, -0.2) is 14.8 Å². The van der Waals surface area contributed by atoms with E-state index in [1.165, 1.54) is 11.1 Å². The van der Waals surface area contributed by atoms with Crippen LogP contribution < -0.4 is 5.63 Å². The van der Waals surface area contributed by atoms with Gasteiger partial charge in [-0.3, -0.25) is 0 Å². The van der Waals surface area contributed by atoms with E-state index in [-0.39, 0.29) is 5.63 Å². The molecule has 148 valence electrons. The van der Waals surface area contributed by atoms with E-state index in [0.717, 1.165) is 39.6 Å². The summed E-state index contributed by atoms with van der Waals surface area (Å²) in [6.07, 6.45) is 0. The minimum atomic E-state index is -0.325. The first kappa shape index (κ1) is 19.5. The number of benzene rings is 2. The lowest BCUT2D eigenvalue weighted by atomic mass is 10.0. The van der Waals surface area contributed by atoms with Crippen molar-refractivity contribution >= 4 is 22.7 Å². The number of rotatable bonds is 5. The molecule has 4 aromatic rings. The Morgan fingerprint density at radius 1 is 1.03 bits per heavy atom. The number of aryl methyl sites for hydroxylation is 3. The average Bonchev–Trinajstić information content (AvgIpc) is 3.10. The Kier molecular flexibility index (Phi) is 5.28. The van der Waals surface area contributed by atoms with Gasteiger partial charge in [-0.15, -0.1) is 10.2 Å². The molecule has 0 fully saturated rings. The first-order valence-corrected chi connectivity index (χ1v) is 10.6. The maximum absolute atomic E-state index is 12.0. The second-order valence-corrected chi connectivity index (χ2v) is 8.17. The molecule has 2 aromatic carbocycles. The van der Waals surface area contributed by atoms with Crippen LogP contribution in [0, 0.1) is 20.8 Å². The number of hydrogen-bond donors (Lipinski definition) is 0. The van der Waals surface area contributed by atoms with Crippen LogP contribution >= 0.6 is 11.8 Å². The van der Waals surface area contributed by atoms with Crippen LogP contribution in [0.15, 0.2) is 56.8 Å². The highest BCUT2D eigenvalue weighted by atomic mass is 32.2.